The van der Waals surface area contributed by atoms with E-state index in [0.29, 0.717) is 11.8 Å². The van der Waals surface area contributed by atoms with Gasteiger partial charge in [0, 0.05) is 0 Å². The average molecular weight is 290 g/mol. The van der Waals surface area contributed by atoms with Gasteiger partial charge >= 0.3 is 5.97 Å². The zero-order chi connectivity index (χ0) is 15.6. The van der Waals surface area contributed by atoms with E-state index in [0.717, 1.165) is 24.2 Å². The molecule has 0 saturated carbocycles. The van der Waals surface area contributed by atoms with Crippen molar-refractivity contribution < 1.29 is 9.53 Å². The summed E-state index contributed by atoms with van der Waals surface area (Å²) in [6, 6.07) is 0. The minimum atomic E-state index is -0.594. The molecule has 2 aromatic heterocycles. The first-order chi connectivity index (χ1) is 10.0. The molecule has 8 heteroatoms. The van der Waals surface area contributed by atoms with Crippen LogP contribution in [-0.2, 0) is 17.6 Å². The number of nitrogens with zero attached hydrogens (tertiary/aromatic N) is 5. The highest BCUT2D eigenvalue weighted by Crippen LogP contribution is 2.19. The lowest BCUT2D eigenvalue weighted by Gasteiger charge is -2.08. The van der Waals surface area contributed by atoms with E-state index in [1.807, 2.05) is 13.8 Å². The number of ether oxygens (including phenoxy) is 1. The molecular weight excluding hydrogens is 272 g/mol. The monoisotopic (exact) mass is 290 g/mol. The van der Waals surface area contributed by atoms with Gasteiger partial charge in [-0.25, -0.2) is 19.3 Å². The first kappa shape index (κ1) is 14.9. The number of rotatable bonds is 4. The second kappa shape index (κ2) is 5.86. The molecule has 0 aliphatic rings. The highest BCUT2D eigenvalue weighted by atomic mass is 16.5. The van der Waals surface area contributed by atoms with E-state index in [-0.39, 0.29) is 11.5 Å². The second-order valence-electron chi connectivity index (χ2n) is 4.43. The zero-order valence-corrected chi connectivity index (χ0v) is 12.5. The number of carbonyl (C=O) groups is 1. The van der Waals surface area contributed by atoms with Crippen molar-refractivity contribution in [2.45, 2.75) is 33.6 Å². The third-order valence-electron chi connectivity index (χ3n) is 3.16. The summed E-state index contributed by atoms with van der Waals surface area (Å²) in [6.45, 7) is 5.71. The largest absolute Gasteiger partial charge is 0.464 e. The normalized spacial score (nSPS) is 10.7. The summed E-state index contributed by atoms with van der Waals surface area (Å²) in [5, 5.41) is 8.25. The summed E-state index contributed by atoms with van der Waals surface area (Å²) < 4.78 is 6.15. The predicted octanol–water partition coefficient (Wildman–Crippen LogP) is 0.859. The van der Waals surface area contributed by atoms with Crippen LogP contribution in [0.5, 0.6) is 0 Å². The van der Waals surface area contributed by atoms with Crippen molar-refractivity contribution in [3.8, 4) is 5.95 Å². The summed E-state index contributed by atoms with van der Waals surface area (Å²) >= 11 is 0. The van der Waals surface area contributed by atoms with Crippen molar-refractivity contribution in [3.05, 3.63) is 22.9 Å². The molecule has 0 saturated heterocycles. The molecule has 0 aromatic carbocycles. The number of methoxy groups -OCH3 is 1. The number of imidazole rings is 1. The molecule has 21 heavy (non-hydrogen) atoms. The van der Waals surface area contributed by atoms with Crippen LogP contribution >= 0.6 is 0 Å². The summed E-state index contributed by atoms with van der Waals surface area (Å²) in [7, 11) is 1.28. The van der Waals surface area contributed by atoms with Gasteiger partial charge in [0.2, 0.25) is 0 Å². The predicted molar refractivity (Wildman–Crippen MR) is 76.2 cm³/mol. The Morgan fingerprint density at radius 2 is 1.86 bits per heavy atom. The fourth-order valence-electron chi connectivity index (χ4n) is 2.07. The number of aryl methyl sites for hydroxylation is 3. The molecule has 0 spiro atoms. The summed E-state index contributed by atoms with van der Waals surface area (Å²) in [5.41, 5.74) is 7.73. The van der Waals surface area contributed by atoms with Crippen LogP contribution in [0, 0.1) is 6.92 Å². The van der Waals surface area contributed by atoms with E-state index in [2.05, 4.69) is 24.9 Å². The number of hydrogen-bond acceptors (Lipinski definition) is 7. The average Bonchev–Trinajstić information content (AvgIpc) is 2.80. The standard InChI is InChI=1S/C13H18N6O2/c1-5-8-9(6-2)17-18-13(16-8)19-7(3)15-10(11(19)14)12(20)21-4/h5-6,14H2,1-4H3. The van der Waals surface area contributed by atoms with Gasteiger partial charge in [-0.2, -0.15) is 0 Å². The van der Waals surface area contributed by atoms with Gasteiger partial charge < -0.3 is 10.5 Å². The number of nitrogens with two attached hydrogens (primary N) is 1. The fourth-order valence-corrected chi connectivity index (χ4v) is 2.07. The van der Waals surface area contributed by atoms with Crippen molar-refractivity contribution in [2.75, 3.05) is 12.8 Å². The maximum absolute atomic E-state index is 11.6. The number of aromatic nitrogens is 5. The molecule has 8 nitrogen and oxygen atoms in total. The molecule has 0 unspecified atom stereocenters. The third-order valence-corrected chi connectivity index (χ3v) is 3.16. The Labute approximate surface area is 122 Å². The van der Waals surface area contributed by atoms with E-state index in [1.54, 1.807) is 6.92 Å². The SMILES string of the molecule is CCc1nnc(-n2c(C)nc(C(=O)OC)c2N)nc1CC. The number of carbonyl (C=O) groups excluding carboxylic acids is 1. The summed E-state index contributed by atoms with van der Waals surface area (Å²) in [6.07, 6.45) is 1.50. The molecule has 2 N–H and O–H groups in total. The van der Waals surface area contributed by atoms with Crippen LogP contribution in [0.25, 0.3) is 5.95 Å². The van der Waals surface area contributed by atoms with Gasteiger partial charge in [0.05, 0.1) is 18.5 Å². The van der Waals surface area contributed by atoms with Crippen LogP contribution in [-0.4, -0.2) is 37.8 Å². The van der Waals surface area contributed by atoms with Gasteiger partial charge in [-0.3, -0.25) is 0 Å². The van der Waals surface area contributed by atoms with Gasteiger partial charge in [-0.05, 0) is 19.8 Å². The Kier molecular flexibility index (Phi) is 4.15. The van der Waals surface area contributed by atoms with E-state index in [1.165, 1.54) is 11.7 Å². The van der Waals surface area contributed by atoms with Crippen molar-refractivity contribution in [3.63, 3.8) is 0 Å². The first-order valence-corrected chi connectivity index (χ1v) is 6.69. The Morgan fingerprint density at radius 3 is 2.43 bits per heavy atom. The van der Waals surface area contributed by atoms with Crippen molar-refractivity contribution in [1.82, 2.24) is 24.7 Å². The van der Waals surface area contributed by atoms with Gasteiger partial charge in [0.1, 0.15) is 11.6 Å². The van der Waals surface area contributed by atoms with Gasteiger partial charge in [-0.1, -0.05) is 13.8 Å². The maximum atomic E-state index is 11.6. The highest BCUT2D eigenvalue weighted by molar-refractivity contribution is 5.92. The molecule has 0 aliphatic heterocycles. The van der Waals surface area contributed by atoms with Crippen molar-refractivity contribution in [1.29, 1.82) is 0 Å². The molecular formula is C13H18N6O2. The van der Waals surface area contributed by atoms with Gasteiger partial charge in [0.25, 0.3) is 5.95 Å². The molecule has 0 amide bonds. The second-order valence-corrected chi connectivity index (χ2v) is 4.43. The van der Waals surface area contributed by atoms with Gasteiger partial charge in [-0.15, -0.1) is 10.2 Å². The molecule has 2 rings (SSSR count). The van der Waals surface area contributed by atoms with Crippen LogP contribution in [0.2, 0.25) is 0 Å². The van der Waals surface area contributed by atoms with Crippen LogP contribution in [0.15, 0.2) is 0 Å². The fraction of sp³-hybridized carbons (Fsp3) is 0.462. The van der Waals surface area contributed by atoms with Crippen LogP contribution in [0.1, 0.15) is 41.5 Å². The smallest absolute Gasteiger partial charge is 0.360 e. The molecule has 0 aliphatic carbocycles. The topological polar surface area (TPSA) is 109 Å². The van der Waals surface area contributed by atoms with E-state index < -0.39 is 5.97 Å². The zero-order valence-electron chi connectivity index (χ0n) is 12.5. The molecule has 2 aromatic rings. The van der Waals surface area contributed by atoms with E-state index in [4.69, 9.17) is 5.73 Å². The molecule has 0 radical (unpaired) electrons. The number of nitrogen functional groups attached to an aromatic ring is 1. The Morgan fingerprint density at radius 1 is 1.19 bits per heavy atom. The lowest BCUT2D eigenvalue weighted by molar-refractivity contribution is 0.0596. The summed E-state index contributed by atoms with van der Waals surface area (Å²) in [5.74, 6) is 0.360. The molecule has 2 heterocycles. The minimum absolute atomic E-state index is 0.0521. The molecule has 0 fully saturated rings. The van der Waals surface area contributed by atoms with Gasteiger partial charge in [0.15, 0.2) is 5.69 Å². The lowest BCUT2D eigenvalue weighted by Crippen LogP contribution is -2.13. The molecule has 0 bridgehead atoms. The lowest BCUT2D eigenvalue weighted by atomic mass is 10.2. The van der Waals surface area contributed by atoms with Crippen LogP contribution in [0.4, 0.5) is 5.82 Å². The quantitative estimate of drug-likeness (QED) is 0.831. The summed E-state index contributed by atoms with van der Waals surface area (Å²) in [4.78, 5) is 20.2. The van der Waals surface area contributed by atoms with Crippen molar-refractivity contribution in [2.24, 2.45) is 0 Å². The van der Waals surface area contributed by atoms with E-state index >= 15 is 0 Å². The van der Waals surface area contributed by atoms with Crippen LogP contribution in [0.3, 0.4) is 0 Å². The minimum Gasteiger partial charge on any atom is -0.464 e. The van der Waals surface area contributed by atoms with Crippen molar-refractivity contribution >= 4 is 11.8 Å². The molecule has 112 valence electrons. The Hall–Kier alpha value is -2.51. The number of hydrogen-bond donors (Lipinski definition) is 1. The Balaban J connectivity index is 2.57. The van der Waals surface area contributed by atoms with Crippen LogP contribution < -0.4 is 5.73 Å². The number of esters is 1. The highest BCUT2D eigenvalue weighted by Gasteiger charge is 2.22. The number of anilines is 1. The molecule has 0 atom stereocenters. The Bertz CT molecular complexity index is 680. The maximum Gasteiger partial charge on any atom is 0.360 e. The van der Waals surface area contributed by atoms with E-state index in [9.17, 15) is 4.79 Å². The first-order valence-electron chi connectivity index (χ1n) is 6.69. The third kappa shape index (κ3) is 2.56.